The molecule has 0 N–H and O–H groups in total. The highest BCUT2D eigenvalue weighted by Gasteiger charge is 2.23. The number of aromatic nitrogens is 2. The minimum atomic E-state index is -0.255. The van der Waals surface area contributed by atoms with E-state index in [0.29, 0.717) is 12.5 Å². The van der Waals surface area contributed by atoms with Crippen molar-refractivity contribution in [2.75, 3.05) is 0 Å². The van der Waals surface area contributed by atoms with Crippen LogP contribution < -0.4 is 15.1 Å². The van der Waals surface area contributed by atoms with Crippen molar-refractivity contribution in [3.63, 3.8) is 0 Å². The Morgan fingerprint density at radius 1 is 0.771 bits per heavy atom. The van der Waals surface area contributed by atoms with Crippen LogP contribution in [0.15, 0.2) is 108 Å². The van der Waals surface area contributed by atoms with Crippen LogP contribution in [0.5, 0.6) is 5.88 Å². The Bertz CT molecular complexity index is 1450. The highest BCUT2D eigenvalue weighted by molar-refractivity contribution is 5.82. The van der Waals surface area contributed by atoms with Gasteiger partial charge in [0.25, 0.3) is 5.56 Å². The zero-order valence-electron chi connectivity index (χ0n) is 19.9. The van der Waals surface area contributed by atoms with E-state index >= 15 is 0 Å². The number of fused-ring (bicyclic) bond motifs is 1. The maximum atomic E-state index is 13.1. The molecular formula is C30H28N2O3. The average Bonchev–Trinajstić information content (AvgIpc) is 3.32. The first-order chi connectivity index (χ1) is 17.1. The summed E-state index contributed by atoms with van der Waals surface area (Å²) in [7, 11) is 0. The van der Waals surface area contributed by atoms with Crippen LogP contribution in [0.25, 0.3) is 10.8 Å². The lowest BCUT2D eigenvalue weighted by Gasteiger charge is -2.24. The van der Waals surface area contributed by atoms with Gasteiger partial charge in [-0.2, -0.15) is 0 Å². The van der Waals surface area contributed by atoms with Crippen molar-refractivity contribution in [3.05, 3.63) is 136 Å². The van der Waals surface area contributed by atoms with Crippen molar-refractivity contribution in [2.45, 2.75) is 33.1 Å². The number of rotatable bonds is 8. The zero-order chi connectivity index (χ0) is 24.2. The Labute approximate surface area is 204 Å². The lowest BCUT2D eigenvalue weighted by Crippen LogP contribution is -2.30. The maximum Gasteiger partial charge on any atom is 0.286 e. The second-order valence-electron chi connectivity index (χ2n) is 8.72. The molecule has 5 heteroatoms. The fraction of sp³-hybridized carbons (Fsp3) is 0.167. The van der Waals surface area contributed by atoms with Crippen LogP contribution in [-0.4, -0.2) is 9.30 Å². The van der Waals surface area contributed by atoms with Crippen LogP contribution in [0.1, 0.15) is 35.2 Å². The highest BCUT2D eigenvalue weighted by Crippen LogP contribution is 2.32. The van der Waals surface area contributed by atoms with Crippen molar-refractivity contribution >= 4 is 10.8 Å². The van der Waals surface area contributed by atoms with Crippen LogP contribution in [0.4, 0.5) is 0 Å². The average molecular weight is 465 g/mol. The third-order valence-corrected chi connectivity index (χ3v) is 6.24. The van der Waals surface area contributed by atoms with E-state index in [1.54, 1.807) is 6.07 Å². The summed E-state index contributed by atoms with van der Waals surface area (Å²) in [4.78, 5) is 19.1. The first-order valence-electron chi connectivity index (χ1n) is 11.8. The van der Waals surface area contributed by atoms with Gasteiger partial charge in [-0.3, -0.25) is 4.79 Å². The highest BCUT2D eigenvalue weighted by atomic mass is 16.7. The molecule has 0 saturated carbocycles. The molecule has 0 aliphatic heterocycles. The zero-order valence-corrected chi connectivity index (χ0v) is 19.9. The van der Waals surface area contributed by atoms with E-state index in [4.69, 9.17) is 9.57 Å². The van der Waals surface area contributed by atoms with Crippen molar-refractivity contribution in [2.24, 2.45) is 0 Å². The molecule has 0 bridgehead atoms. The molecule has 1 atom stereocenters. The summed E-state index contributed by atoms with van der Waals surface area (Å²) < 4.78 is 9.81. The fourth-order valence-corrected chi connectivity index (χ4v) is 4.38. The topological polar surface area (TPSA) is 45.4 Å². The van der Waals surface area contributed by atoms with E-state index in [9.17, 15) is 4.79 Å². The Morgan fingerprint density at radius 3 is 1.91 bits per heavy atom. The molecule has 0 radical (unpaired) electrons. The number of ether oxygens (including phenoxy) is 1. The van der Waals surface area contributed by atoms with Crippen LogP contribution in [0.2, 0.25) is 0 Å². The van der Waals surface area contributed by atoms with E-state index in [0.717, 1.165) is 33.0 Å². The Hall–Kier alpha value is -4.25. The van der Waals surface area contributed by atoms with Gasteiger partial charge in [0.15, 0.2) is 0 Å². The molecule has 2 aromatic heterocycles. The molecule has 5 aromatic rings. The molecular weight excluding hydrogens is 436 g/mol. The van der Waals surface area contributed by atoms with Crippen LogP contribution in [0.3, 0.4) is 0 Å². The minimum Gasteiger partial charge on any atom is -0.472 e. The summed E-state index contributed by atoms with van der Waals surface area (Å²) in [5.41, 5.74) is 3.51. The second-order valence-corrected chi connectivity index (χ2v) is 8.72. The number of aryl methyl sites for hydroxylation is 1. The lowest BCUT2D eigenvalue weighted by molar-refractivity contribution is 0.0614. The van der Waals surface area contributed by atoms with Gasteiger partial charge in [-0.15, -0.1) is 4.73 Å². The van der Waals surface area contributed by atoms with Gasteiger partial charge in [-0.1, -0.05) is 84.9 Å². The molecule has 5 rings (SSSR count). The predicted octanol–water partition coefficient (Wildman–Crippen LogP) is 5.93. The number of hydrogen-bond donors (Lipinski definition) is 0. The number of benzene rings is 3. The number of pyridine rings is 1. The van der Waals surface area contributed by atoms with E-state index < -0.39 is 0 Å². The van der Waals surface area contributed by atoms with Gasteiger partial charge >= 0.3 is 0 Å². The fourth-order valence-electron chi connectivity index (χ4n) is 4.38. The summed E-state index contributed by atoms with van der Waals surface area (Å²) in [6.07, 6.45) is 4.25. The number of hydrogen-bond acceptors (Lipinski definition) is 3. The van der Waals surface area contributed by atoms with Crippen molar-refractivity contribution < 1.29 is 9.57 Å². The molecule has 0 spiro atoms. The van der Waals surface area contributed by atoms with Gasteiger partial charge in [-0.05, 0) is 41.3 Å². The summed E-state index contributed by atoms with van der Waals surface area (Å²) >= 11 is 0. The first-order valence-corrected chi connectivity index (χ1v) is 11.8. The van der Waals surface area contributed by atoms with Crippen molar-refractivity contribution in [3.8, 4) is 5.88 Å². The number of nitrogens with zero attached hydrogens (tertiary/aromatic N) is 2. The SMILES string of the molecule is Cc1cc(=O)n(OCc2ccccc2)c(OCc2ccccc2)c1C(C)n1cc2ccccc2c1. The van der Waals surface area contributed by atoms with Gasteiger partial charge < -0.3 is 14.1 Å². The molecule has 0 amide bonds. The monoisotopic (exact) mass is 464 g/mol. The van der Waals surface area contributed by atoms with Crippen molar-refractivity contribution in [1.29, 1.82) is 0 Å². The molecule has 0 fully saturated rings. The molecule has 0 aliphatic rings. The molecule has 176 valence electrons. The maximum absolute atomic E-state index is 13.1. The summed E-state index contributed by atoms with van der Waals surface area (Å²) in [6.45, 7) is 4.65. The Kier molecular flexibility index (Phi) is 6.40. The van der Waals surface area contributed by atoms with E-state index in [1.807, 2.05) is 79.7 Å². The Morgan fingerprint density at radius 2 is 1.31 bits per heavy atom. The van der Waals surface area contributed by atoms with Gasteiger partial charge in [0, 0.05) is 24.0 Å². The quantitative estimate of drug-likeness (QED) is 0.286. The van der Waals surface area contributed by atoms with Gasteiger partial charge in [0.05, 0.1) is 6.04 Å². The molecule has 3 aromatic carbocycles. The third-order valence-electron chi connectivity index (χ3n) is 6.24. The Balaban J connectivity index is 1.57. The smallest absolute Gasteiger partial charge is 0.286 e. The molecule has 0 saturated heterocycles. The first kappa shape index (κ1) is 22.5. The van der Waals surface area contributed by atoms with E-state index in [1.165, 1.54) is 4.73 Å². The van der Waals surface area contributed by atoms with Crippen LogP contribution >= 0.6 is 0 Å². The summed E-state index contributed by atoms with van der Waals surface area (Å²) in [5.74, 6) is 0.431. The predicted molar refractivity (Wildman–Crippen MR) is 139 cm³/mol. The lowest BCUT2D eigenvalue weighted by atomic mass is 10.0. The molecule has 2 heterocycles. The summed E-state index contributed by atoms with van der Waals surface area (Å²) in [5, 5.41) is 2.33. The van der Waals surface area contributed by atoms with Gasteiger partial charge in [0.2, 0.25) is 5.88 Å². The largest absolute Gasteiger partial charge is 0.472 e. The van der Waals surface area contributed by atoms with E-state index in [-0.39, 0.29) is 18.2 Å². The molecule has 5 nitrogen and oxygen atoms in total. The normalized spacial score (nSPS) is 11.9. The minimum absolute atomic E-state index is 0.0830. The molecule has 35 heavy (non-hydrogen) atoms. The summed E-state index contributed by atoms with van der Waals surface area (Å²) in [6, 6.07) is 29.5. The van der Waals surface area contributed by atoms with Gasteiger partial charge in [-0.25, -0.2) is 0 Å². The molecule has 0 aliphatic carbocycles. The standard InChI is InChI=1S/C30H28N2O3/c1-22-17-28(33)32(35-21-25-13-7-4-8-14-25)30(34-20-24-11-5-3-6-12-24)29(22)23(2)31-18-26-15-9-10-16-27(26)19-31/h3-19,23H,20-21H2,1-2H3. The van der Waals surface area contributed by atoms with Crippen LogP contribution in [-0.2, 0) is 13.2 Å². The van der Waals surface area contributed by atoms with Crippen LogP contribution in [0, 0.1) is 6.92 Å². The van der Waals surface area contributed by atoms with Crippen molar-refractivity contribution in [1.82, 2.24) is 9.30 Å². The van der Waals surface area contributed by atoms with Gasteiger partial charge in [0.1, 0.15) is 13.2 Å². The molecule has 1 unspecified atom stereocenters. The third kappa shape index (κ3) is 4.85. The second kappa shape index (κ2) is 9.94. The van der Waals surface area contributed by atoms with E-state index in [2.05, 4.69) is 36.0 Å².